The van der Waals surface area contributed by atoms with E-state index in [2.05, 4.69) is 18.7 Å². The average Bonchev–Trinajstić information content (AvgIpc) is 3.15. The molecular weight excluding hydrogens is 208 g/mol. The molecule has 0 heterocycles. The highest BCUT2D eigenvalue weighted by Gasteiger charge is 2.39. The lowest BCUT2D eigenvalue weighted by molar-refractivity contribution is 0.0375. The third-order valence-corrected chi connectivity index (χ3v) is 4.91. The Balaban J connectivity index is 2.01. The van der Waals surface area contributed by atoms with E-state index in [1.165, 1.54) is 57.9 Å². The Labute approximate surface area is 107 Å². The zero-order valence-electron chi connectivity index (χ0n) is 11.8. The molecule has 2 saturated carbocycles. The minimum atomic E-state index is 0.262. The van der Waals surface area contributed by atoms with Crippen molar-refractivity contribution in [3.63, 3.8) is 0 Å². The molecule has 0 amide bonds. The second kappa shape index (κ2) is 5.71. The Morgan fingerprint density at radius 3 is 2.24 bits per heavy atom. The van der Waals surface area contributed by atoms with E-state index in [9.17, 15) is 0 Å². The van der Waals surface area contributed by atoms with Crippen LogP contribution in [0.2, 0.25) is 0 Å². The van der Waals surface area contributed by atoms with Crippen molar-refractivity contribution in [2.24, 2.45) is 11.7 Å². The summed E-state index contributed by atoms with van der Waals surface area (Å²) in [7, 11) is 0. The Kier molecular flexibility index (Phi) is 4.48. The summed E-state index contributed by atoms with van der Waals surface area (Å²) in [6.07, 6.45) is 11.3. The van der Waals surface area contributed by atoms with Crippen LogP contribution >= 0.6 is 0 Å². The van der Waals surface area contributed by atoms with Crippen LogP contribution in [0.25, 0.3) is 0 Å². The van der Waals surface area contributed by atoms with E-state index < -0.39 is 0 Å². The van der Waals surface area contributed by atoms with Gasteiger partial charge >= 0.3 is 0 Å². The molecule has 2 fully saturated rings. The van der Waals surface area contributed by atoms with Crippen molar-refractivity contribution in [1.29, 1.82) is 0 Å². The van der Waals surface area contributed by atoms with Crippen molar-refractivity contribution in [2.75, 3.05) is 13.1 Å². The summed E-state index contributed by atoms with van der Waals surface area (Å²) in [4.78, 5) is 2.74. The molecule has 0 aromatic carbocycles. The monoisotopic (exact) mass is 238 g/mol. The predicted molar refractivity (Wildman–Crippen MR) is 74.1 cm³/mol. The molecule has 0 spiro atoms. The molecule has 2 heteroatoms. The van der Waals surface area contributed by atoms with E-state index in [1.807, 2.05) is 0 Å². The van der Waals surface area contributed by atoms with Crippen LogP contribution in [-0.2, 0) is 0 Å². The van der Waals surface area contributed by atoms with Crippen LogP contribution in [0.5, 0.6) is 0 Å². The smallest absolute Gasteiger partial charge is 0.0309 e. The SMILES string of the molecule is CCN(C1CCCCC1)C(C)(CN)CC1CC1. The number of likely N-dealkylation sites (N-methyl/N-ethyl adjacent to an activating group) is 1. The Morgan fingerprint density at radius 1 is 1.12 bits per heavy atom. The molecule has 2 aliphatic rings. The number of hydrogen-bond donors (Lipinski definition) is 1. The van der Waals surface area contributed by atoms with Gasteiger partial charge in [0.05, 0.1) is 0 Å². The van der Waals surface area contributed by atoms with Gasteiger partial charge in [-0.25, -0.2) is 0 Å². The first-order chi connectivity index (χ1) is 8.19. The molecule has 0 radical (unpaired) electrons. The molecule has 1 unspecified atom stereocenters. The number of nitrogens with two attached hydrogens (primary N) is 1. The minimum absolute atomic E-state index is 0.262. The molecule has 0 aromatic heterocycles. The van der Waals surface area contributed by atoms with Crippen molar-refractivity contribution in [3.05, 3.63) is 0 Å². The van der Waals surface area contributed by atoms with Crippen molar-refractivity contribution in [1.82, 2.24) is 4.90 Å². The highest BCUT2D eigenvalue weighted by Crippen LogP contribution is 2.40. The summed E-state index contributed by atoms with van der Waals surface area (Å²) in [6.45, 7) is 6.72. The summed E-state index contributed by atoms with van der Waals surface area (Å²) < 4.78 is 0. The Hall–Kier alpha value is -0.0800. The molecular formula is C15H30N2. The van der Waals surface area contributed by atoms with Crippen LogP contribution in [0.15, 0.2) is 0 Å². The van der Waals surface area contributed by atoms with Gasteiger partial charge < -0.3 is 5.73 Å². The first-order valence-corrected chi connectivity index (χ1v) is 7.66. The zero-order chi connectivity index (χ0) is 12.3. The highest BCUT2D eigenvalue weighted by molar-refractivity contribution is 4.95. The molecule has 2 rings (SSSR count). The first kappa shape index (κ1) is 13.4. The van der Waals surface area contributed by atoms with E-state index in [1.54, 1.807) is 0 Å². The Bertz CT molecular complexity index is 231. The number of rotatable bonds is 6. The fourth-order valence-electron chi connectivity index (χ4n) is 3.74. The van der Waals surface area contributed by atoms with Crippen LogP contribution in [0, 0.1) is 5.92 Å². The Morgan fingerprint density at radius 2 is 1.76 bits per heavy atom. The van der Waals surface area contributed by atoms with Crippen LogP contribution in [0.4, 0.5) is 0 Å². The normalized spacial score (nSPS) is 26.1. The zero-order valence-corrected chi connectivity index (χ0v) is 11.8. The van der Waals surface area contributed by atoms with Gasteiger partial charge in [0, 0.05) is 18.1 Å². The molecule has 17 heavy (non-hydrogen) atoms. The van der Waals surface area contributed by atoms with Gasteiger partial charge in [-0.2, -0.15) is 0 Å². The molecule has 0 aromatic rings. The summed E-state index contributed by atoms with van der Waals surface area (Å²) in [5, 5.41) is 0. The maximum atomic E-state index is 6.12. The van der Waals surface area contributed by atoms with Gasteiger partial charge in [0.25, 0.3) is 0 Å². The molecule has 0 aliphatic heterocycles. The van der Waals surface area contributed by atoms with Gasteiger partial charge in [0.1, 0.15) is 0 Å². The molecule has 0 saturated heterocycles. The fourth-order valence-corrected chi connectivity index (χ4v) is 3.74. The van der Waals surface area contributed by atoms with Crippen molar-refractivity contribution < 1.29 is 0 Å². The van der Waals surface area contributed by atoms with Gasteiger partial charge in [-0.3, -0.25) is 4.90 Å². The molecule has 2 aliphatic carbocycles. The van der Waals surface area contributed by atoms with Gasteiger partial charge in [-0.05, 0) is 38.6 Å². The summed E-state index contributed by atoms with van der Waals surface area (Å²) >= 11 is 0. The maximum absolute atomic E-state index is 6.12. The van der Waals surface area contributed by atoms with Crippen LogP contribution in [-0.4, -0.2) is 29.6 Å². The highest BCUT2D eigenvalue weighted by atomic mass is 15.2. The maximum Gasteiger partial charge on any atom is 0.0309 e. The van der Waals surface area contributed by atoms with Gasteiger partial charge in [0.2, 0.25) is 0 Å². The summed E-state index contributed by atoms with van der Waals surface area (Å²) in [5.41, 5.74) is 6.39. The van der Waals surface area contributed by atoms with Crippen LogP contribution in [0.3, 0.4) is 0 Å². The van der Waals surface area contributed by atoms with E-state index in [4.69, 9.17) is 5.73 Å². The minimum Gasteiger partial charge on any atom is -0.329 e. The summed E-state index contributed by atoms with van der Waals surface area (Å²) in [6, 6.07) is 0.807. The lowest BCUT2D eigenvalue weighted by Crippen LogP contribution is -2.56. The molecule has 0 bridgehead atoms. The van der Waals surface area contributed by atoms with Crippen LogP contribution in [0.1, 0.15) is 65.2 Å². The van der Waals surface area contributed by atoms with Gasteiger partial charge in [-0.15, -0.1) is 0 Å². The average molecular weight is 238 g/mol. The second-order valence-corrected chi connectivity index (χ2v) is 6.43. The van der Waals surface area contributed by atoms with Gasteiger partial charge in [-0.1, -0.05) is 39.0 Å². The number of nitrogens with zero attached hydrogens (tertiary/aromatic N) is 1. The van der Waals surface area contributed by atoms with Crippen LogP contribution < -0.4 is 5.73 Å². The lowest BCUT2D eigenvalue weighted by Gasteiger charge is -2.46. The topological polar surface area (TPSA) is 29.3 Å². The largest absolute Gasteiger partial charge is 0.329 e. The van der Waals surface area contributed by atoms with E-state index in [0.29, 0.717) is 0 Å². The predicted octanol–water partition coefficient (Wildman–Crippen LogP) is 3.16. The first-order valence-electron chi connectivity index (χ1n) is 7.66. The quantitative estimate of drug-likeness (QED) is 0.770. The fraction of sp³-hybridized carbons (Fsp3) is 1.00. The van der Waals surface area contributed by atoms with E-state index in [-0.39, 0.29) is 5.54 Å². The second-order valence-electron chi connectivity index (χ2n) is 6.43. The van der Waals surface area contributed by atoms with E-state index >= 15 is 0 Å². The van der Waals surface area contributed by atoms with Crippen molar-refractivity contribution in [2.45, 2.75) is 76.8 Å². The third kappa shape index (κ3) is 3.23. The van der Waals surface area contributed by atoms with Crippen molar-refractivity contribution >= 4 is 0 Å². The molecule has 2 nitrogen and oxygen atoms in total. The van der Waals surface area contributed by atoms with Crippen molar-refractivity contribution in [3.8, 4) is 0 Å². The van der Waals surface area contributed by atoms with E-state index in [0.717, 1.165) is 18.5 Å². The molecule has 100 valence electrons. The third-order valence-electron chi connectivity index (χ3n) is 4.91. The number of hydrogen-bond acceptors (Lipinski definition) is 2. The standard InChI is InChI=1S/C15H30N2/c1-3-17(14-7-5-4-6-8-14)15(2,12-16)11-13-9-10-13/h13-14H,3-12,16H2,1-2H3. The van der Waals surface area contributed by atoms with Gasteiger partial charge in [0.15, 0.2) is 0 Å². The molecule has 1 atom stereocenters. The summed E-state index contributed by atoms with van der Waals surface area (Å²) in [5.74, 6) is 0.973. The molecule has 2 N–H and O–H groups in total. The lowest BCUT2D eigenvalue weighted by atomic mass is 9.86.